The molecule has 0 aromatic rings. The van der Waals surface area contributed by atoms with Crippen molar-refractivity contribution in [1.82, 2.24) is 10.6 Å². The first-order valence-corrected chi connectivity index (χ1v) is 7.21. The van der Waals surface area contributed by atoms with Gasteiger partial charge >= 0.3 is 0 Å². The zero-order valence-electron chi connectivity index (χ0n) is 11.5. The van der Waals surface area contributed by atoms with E-state index in [2.05, 4.69) is 17.6 Å². The van der Waals surface area contributed by atoms with E-state index in [1.165, 1.54) is 0 Å². The van der Waals surface area contributed by atoms with E-state index in [1.54, 1.807) is 0 Å². The second-order valence-electron chi connectivity index (χ2n) is 5.98. The Morgan fingerprint density at radius 2 is 2.05 bits per heavy atom. The molecule has 2 amide bonds. The van der Waals surface area contributed by atoms with Crippen molar-refractivity contribution in [2.24, 2.45) is 11.8 Å². The van der Waals surface area contributed by atoms with Gasteiger partial charge in [-0.15, -0.1) is 0 Å². The first-order chi connectivity index (χ1) is 9.06. The van der Waals surface area contributed by atoms with Crippen LogP contribution in [-0.2, 0) is 9.59 Å². The molecule has 2 aliphatic carbocycles. The van der Waals surface area contributed by atoms with E-state index in [0.29, 0.717) is 12.5 Å². The number of amides is 2. The number of nitrogens with one attached hydrogen (secondary N) is 2. The third-order valence-corrected chi connectivity index (χ3v) is 4.16. The van der Waals surface area contributed by atoms with Crippen LogP contribution in [0.1, 0.15) is 45.4 Å². The van der Waals surface area contributed by atoms with Crippen LogP contribution in [-0.4, -0.2) is 30.6 Å². The molecular weight excluding hydrogens is 247 g/mol. The fourth-order valence-corrected chi connectivity index (χ4v) is 2.49. The Hall–Kier alpha value is -1.13. The molecule has 0 radical (unpaired) electrons. The van der Waals surface area contributed by atoms with Crippen LogP contribution in [0, 0.1) is 11.8 Å². The van der Waals surface area contributed by atoms with Gasteiger partial charge in [-0.3, -0.25) is 14.0 Å². The maximum Gasteiger partial charge on any atom is 0.223 e. The second-order valence-corrected chi connectivity index (χ2v) is 5.98. The van der Waals surface area contributed by atoms with Crippen LogP contribution in [0.2, 0.25) is 0 Å². The SMILES string of the molecule is C[C@H]1C[C@@H]1C(=O)NCCCC1(NC(=O)CCF)CC1. The van der Waals surface area contributed by atoms with Gasteiger partial charge in [-0.05, 0) is 38.0 Å². The predicted octanol–water partition coefficient (Wildman–Crippen LogP) is 1.55. The average molecular weight is 270 g/mol. The number of hydrogen-bond acceptors (Lipinski definition) is 2. The first kappa shape index (κ1) is 14.3. The first-order valence-electron chi connectivity index (χ1n) is 7.21. The molecular formula is C14H23FN2O2. The summed E-state index contributed by atoms with van der Waals surface area (Å²) in [6.45, 7) is 2.16. The quantitative estimate of drug-likeness (QED) is 0.657. The molecule has 5 heteroatoms. The molecule has 0 aromatic heterocycles. The van der Waals surface area contributed by atoms with Crippen molar-refractivity contribution in [3.05, 3.63) is 0 Å². The molecule has 4 nitrogen and oxygen atoms in total. The van der Waals surface area contributed by atoms with Crippen molar-refractivity contribution >= 4 is 11.8 Å². The van der Waals surface area contributed by atoms with Crippen LogP contribution in [0.25, 0.3) is 0 Å². The maximum atomic E-state index is 12.0. The summed E-state index contributed by atoms with van der Waals surface area (Å²) in [4.78, 5) is 22.9. The smallest absolute Gasteiger partial charge is 0.223 e. The molecule has 0 aliphatic heterocycles. The van der Waals surface area contributed by atoms with Crippen LogP contribution in [0.5, 0.6) is 0 Å². The molecule has 108 valence electrons. The highest BCUT2D eigenvalue weighted by Gasteiger charge is 2.43. The fourth-order valence-electron chi connectivity index (χ4n) is 2.49. The number of carbonyl (C=O) groups is 2. The average Bonchev–Trinajstić information content (AvgIpc) is 3.24. The Labute approximate surface area is 113 Å². The van der Waals surface area contributed by atoms with E-state index in [4.69, 9.17) is 0 Å². The zero-order chi connectivity index (χ0) is 13.9. The van der Waals surface area contributed by atoms with E-state index in [0.717, 1.165) is 32.1 Å². The Kier molecular flexibility index (Phi) is 4.42. The van der Waals surface area contributed by atoms with Crippen molar-refractivity contribution in [2.75, 3.05) is 13.2 Å². The van der Waals surface area contributed by atoms with E-state index in [1.807, 2.05) is 0 Å². The van der Waals surface area contributed by atoms with Crippen LogP contribution < -0.4 is 10.6 Å². The van der Waals surface area contributed by atoms with Crippen molar-refractivity contribution in [3.8, 4) is 0 Å². The third-order valence-electron chi connectivity index (χ3n) is 4.16. The van der Waals surface area contributed by atoms with E-state index >= 15 is 0 Å². The molecule has 0 unspecified atom stereocenters. The summed E-state index contributed by atoms with van der Waals surface area (Å²) in [5.41, 5.74) is -0.107. The summed E-state index contributed by atoms with van der Waals surface area (Å²) in [6.07, 6.45) is 4.64. The summed E-state index contributed by atoms with van der Waals surface area (Å²) in [5.74, 6) is 0.726. The minimum Gasteiger partial charge on any atom is -0.356 e. The predicted molar refractivity (Wildman–Crippen MR) is 70.2 cm³/mol. The molecule has 0 spiro atoms. The molecule has 2 saturated carbocycles. The lowest BCUT2D eigenvalue weighted by Gasteiger charge is -2.17. The van der Waals surface area contributed by atoms with Gasteiger partial charge in [0.25, 0.3) is 0 Å². The van der Waals surface area contributed by atoms with Crippen molar-refractivity contribution < 1.29 is 14.0 Å². The highest BCUT2D eigenvalue weighted by molar-refractivity contribution is 5.81. The summed E-state index contributed by atoms with van der Waals surface area (Å²) in [5, 5.41) is 5.85. The highest BCUT2D eigenvalue weighted by atomic mass is 19.1. The van der Waals surface area contributed by atoms with Gasteiger partial charge in [0.05, 0.1) is 13.1 Å². The lowest BCUT2D eigenvalue weighted by atomic mass is 10.1. The van der Waals surface area contributed by atoms with Gasteiger partial charge < -0.3 is 10.6 Å². The van der Waals surface area contributed by atoms with Gasteiger partial charge in [0, 0.05) is 18.0 Å². The molecule has 2 atom stereocenters. The Balaban J connectivity index is 1.57. The topological polar surface area (TPSA) is 58.2 Å². The molecule has 0 saturated heterocycles. The van der Waals surface area contributed by atoms with Crippen LogP contribution in [0.3, 0.4) is 0 Å². The van der Waals surface area contributed by atoms with Crippen LogP contribution in [0.15, 0.2) is 0 Å². The lowest BCUT2D eigenvalue weighted by molar-refractivity contribution is -0.123. The van der Waals surface area contributed by atoms with Crippen LogP contribution >= 0.6 is 0 Å². The third kappa shape index (κ3) is 4.18. The lowest BCUT2D eigenvalue weighted by Crippen LogP contribution is -2.37. The minimum absolute atomic E-state index is 0.0436. The zero-order valence-corrected chi connectivity index (χ0v) is 11.5. The fraction of sp³-hybridized carbons (Fsp3) is 0.857. The molecule has 2 N–H and O–H groups in total. The molecule has 19 heavy (non-hydrogen) atoms. The summed E-state index contributed by atoms with van der Waals surface area (Å²) in [7, 11) is 0. The Bertz CT molecular complexity index is 355. The summed E-state index contributed by atoms with van der Waals surface area (Å²) < 4.78 is 12.0. The standard InChI is InChI=1S/C14H23FN2O2/c1-10-9-11(10)13(19)16-8-2-4-14(5-6-14)17-12(18)3-7-15/h10-11H,2-9H2,1H3,(H,16,19)(H,17,18)/t10-,11-/m0/s1. The van der Waals surface area contributed by atoms with E-state index in [9.17, 15) is 14.0 Å². The van der Waals surface area contributed by atoms with E-state index < -0.39 is 6.67 Å². The highest BCUT2D eigenvalue weighted by Crippen LogP contribution is 2.40. The molecule has 0 bridgehead atoms. The van der Waals surface area contributed by atoms with E-state index in [-0.39, 0.29) is 29.7 Å². The maximum absolute atomic E-state index is 12.0. The molecule has 2 rings (SSSR count). The van der Waals surface area contributed by atoms with Crippen molar-refractivity contribution in [3.63, 3.8) is 0 Å². The number of halogens is 1. The number of alkyl halides is 1. The molecule has 2 aliphatic rings. The summed E-state index contributed by atoms with van der Waals surface area (Å²) in [6, 6.07) is 0. The van der Waals surface area contributed by atoms with Crippen LogP contribution in [0.4, 0.5) is 4.39 Å². The number of hydrogen-bond donors (Lipinski definition) is 2. The van der Waals surface area contributed by atoms with Crippen molar-refractivity contribution in [1.29, 1.82) is 0 Å². The van der Waals surface area contributed by atoms with Gasteiger partial charge in [0.15, 0.2) is 0 Å². The largest absolute Gasteiger partial charge is 0.356 e. The van der Waals surface area contributed by atoms with Gasteiger partial charge in [-0.25, -0.2) is 0 Å². The van der Waals surface area contributed by atoms with Crippen molar-refractivity contribution in [2.45, 2.75) is 51.0 Å². The molecule has 0 heterocycles. The number of carbonyl (C=O) groups excluding carboxylic acids is 2. The molecule has 2 fully saturated rings. The second kappa shape index (κ2) is 5.88. The van der Waals surface area contributed by atoms with Gasteiger partial charge in [-0.1, -0.05) is 6.92 Å². The monoisotopic (exact) mass is 270 g/mol. The molecule has 0 aromatic carbocycles. The summed E-state index contributed by atoms with van der Waals surface area (Å²) >= 11 is 0. The van der Waals surface area contributed by atoms with Gasteiger partial charge in [0.2, 0.25) is 11.8 Å². The Morgan fingerprint density at radius 3 is 2.58 bits per heavy atom. The van der Waals surface area contributed by atoms with Gasteiger partial charge in [0.1, 0.15) is 0 Å². The van der Waals surface area contributed by atoms with Gasteiger partial charge in [-0.2, -0.15) is 0 Å². The number of rotatable bonds is 8. The Morgan fingerprint density at radius 1 is 1.37 bits per heavy atom. The normalized spacial score (nSPS) is 26.6. The minimum atomic E-state index is -0.600.